The molecule has 2 amide bonds. The molecule has 1 fully saturated rings. The predicted octanol–water partition coefficient (Wildman–Crippen LogP) is 3.63. The Balaban J connectivity index is 1.85. The number of hydrogen-bond acceptors (Lipinski definition) is 5. The van der Waals surface area contributed by atoms with Crippen LogP contribution >= 0.6 is 11.8 Å². The highest BCUT2D eigenvalue weighted by Crippen LogP contribution is 2.36. The number of ether oxygens (including phenoxy) is 1. The average Bonchev–Trinajstić information content (AvgIpc) is 2.89. The summed E-state index contributed by atoms with van der Waals surface area (Å²) in [5.41, 5.74) is 1.27. The monoisotopic (exact) mass is 355 g/mol. The quantitative estimate of drug-likeness (QED) is 0.843. The maximum atomic E-state index is 12.5. The molecule has 6 nitrogen and oxygen atoms in total. The van der Waals surface area contributed by atoms with Gasteiger partial charge >= 0.3 is 5.97 Å². The van der Waals surface area contributed by atoms with Gasteiger partial charge in [0.15, 0.2) is 0 Å². The Labute approximate surface area is 147 Å². The van der Waals surface area contributed by atoms with Crippen molar-refractivity contribution < 1.29 is 24.2 Å². The number of carboxylic acid groups (broad SMARTS) is 1. The third kappa shape index (κ3) is 3.41. The number of carbonyl (C=O) groups is 3. The third-order valence-electron chi connectivity index (χ3n) is 3.58. The molecule has 1 N–H and O–H groups in total. The minimum Gasteiger partial charge on any atom is -0.497 e. The summed E-state index contributed by atoms with van der Waals surface area (Å²) < 4.78 is 5.07. The number of amides is 2. The maximum absolute atomic E-state index is 12.5. The highest BCUT2D eigenvalue weighted by molar-refractivity contribution is 8.19. The molecule has 25 heavy (non-hydrogen) atoms. The molecule has 0 radical (unpaired) electrons. The van der Waals surface area contributed by atoms with Crippen LogP contribution in [0.4, 0.5) is 10.5 Å². The summed E-state index contributed by atoms with van der Waals surface area (Å²) >= 11 is 0.843. The van der Waals surface area contributed by atoms with Crippen LogP contribution in [0.1, 0.15) is 15.9 Å². The Morgan fingerprint density at radius 1 is 1.08 bits per heavy atom. The van der Waals surface area contributed by atoms with Crippen molar-refractivity contribution in [2.75, 3.05) is 12.0 Å². The fourth-order valence-electron chi connectivity index (χ4n) is 2.29. The zero-order chi connectivity index (χ0) is 18.0. The number of rotatable bonds is 4. The lowest BCUT2D eigenvalue weighted by atomic mass is 10.1. The molecule has 2 aromatic rings. The lowest BCUT2D eigenvalue weighted by Gasteiger charge is -2.12. The maximum Gasteiger partial charge on any atom is 0.335 e. The van der Waals surface area contributed by atoms with E-state index in [0.717, 1.165) is 16.7 Å². The van der Waals surface area contributed by atoms with E-state index >= 15 is 0 Å². The van der Waals surface area contributed by atoms with E-state index in [4.69, 9.17) is 9.84 Å². The van der Waals surface area contributed by atoms with Crippen LogP contribution in [0.25, 0.3) is 6.08 Å². The summed E-state index contributed by atoms with van der Waals surface area (Å²) in [5.74, 6) is -0.807. The van der Waals surface area contributed by atoms with E-state index in [1.54, 1.807) is 42.5 Å². The number of imide groups is 1. The van der Waals surface area contributed by atoms with Crippen molar-refractivity contribution in [3.63, 3.8) is 0 Å². The summed E-state index contributed by atoms with van der Waals surface area (Å²) in [6.45, 7) is 0. The summed E-state index contributed by atoms with van der Waals surface area (Å²) in [7, 11) is 1.54. The molecule has 1 saturated heterocycles. The molecule has 0 aromatic heterocycles. The summed E-state index contributed by atoms with van der Waals surface area (Å²) in [6.07, 6.45) is 1.57. The van der Waals surface area contributed by atoms with Gasteiger partial charge in [-0.25, -0.2) is 9.69 Å². The summed E-state index contributed by atoms with van der Waals surface area (Å²) in [5, 5.41) is 8.52. The SMILES string of the molecule is COc1ccc(N2C(=O)S/C(=C\c3ccc(C(=O)O)cc3)C2=O)cc1. The van der Waals surface area contributed by atoms with Crippen LogP contribution < -0.4 is 9.64 Å². The van der Waals surface area contributed by atoms with Gasteiger partial charge in [-0.1, -0.05) is 12.1 Å². The average molecular weight is 355 g/mol. The molecule has 0 saturated carbocycles. The molecule has 126 valence electrons. The zero-order valence-corrected chi connectivity index (χ0v) is 13.9. The standard InChI is InChI=1S/C18H13NO5S/c1-24-14-8-6-13(7-9-14)19-16(20)15(25-18(19)23)10-11-2-4-12(5-3-11)17(21)22/h2-10H,1H3,(H,21,22)/b15-10-. The molecular weight excluding hydrogens is 342 g/mol. The van der Waals surface area contributed by atoms with Gasteiger partial charge in [0, 0.05) is 0 Å². The van der Waals surface area contributed by atoms with Crippen LogP contribution in [0.15, 0.2) is 53.4 Å². The molecule has 0 aliphatic carbocycles. The van der Waals surface area contributed by atoms with Gasteiger partial charge < -0.3 is 9.84 Å². The van der Waals surface area contributed by atoms with Crippen LogP contribution in [-0.2, 0) is 4.79 Å². The van der Waals surface area contributed by atoms with Gasteiger partial charge in [-0.2, -0.15) is 0 Å². The summed E-state index contributed by atoms with van der Waals surface area (Å²) in [4.78, 5) is 37.0. The highest BCUT2D eigenvalue weighted by Gasteiger charge is 2.36. The van der Waals surface area contributed by atoms with Gasteiger partial charge in [-0.3, -0.25) is 9.59 Å². The molecule has 0 unspecified atom stereocenters. The predicted molar refractivity (Wildman–Crippen MR) is 94.8 cm³/mol. The molecule has 1 heterocycles. The molecule has 0 atom stereocenters. The first-order valence-electron chi connectivity index (χ1n) is 7.25. The number of nitrogens with zero attached hydrogens (tertiary/aromatic N) is 1. The number of benzene rings is 2. The fraction of sp³-hybridized carbons (Fsp3) is 0.0556. The number of aromatic carboxylic acids is 1. The van der Waals surface area contributed by atoms with Crippen LogP contribution in [-0.4, -0.2) is 29.3 Å². The Hall–Kier alpha value is -3.06. The van der Waals surface area contributed by atoms with Crippen LogP contribution in [0.2, 0.25) is 0 Å². The second kappa shape index (κ2) is 6.82. The van der Waals surface area contributed by atoms with E-state index in [1.165, 1.54) is 19.2 Å². The van der Waals surface area contributed by atoms with Crippen molar-refractivity contribution in [2.45, 2.75) is 0 Å². The zero-order valence-electron chi connectivity index (χ0n) is 13.1. The number of anilines is 1. The highest BCUT2D eigenvalue weighted by atomic mass is 32.2. The Kier molecular flexibility index (Phi) is 4.58. The number of methoxy groups -OCH3 is 1. The van der Waals surface area contributed by atoms with Gasteiger partial charge in [0.2, 0.25) is 0 Å². The lowest BCUT2D eigenvalue weighted by Crippen LogP contribution is -2.27. The van der Waals surface area contributed by atoms with Gasteiger partial charge in [0.25, 0.3) is 11.1 Å². The minimum absolute atomic E-state index is 0.156. The van der Waals surface area contributed by atoms with E-state index in [1.807, 2.05) is 0 Å². The van der Waals surface area contributed by atoms with Crippen LogP contribution in [0.3, 0.4) is 0 Å². The minimum atomic E-state index is -1.02. The van der Waals surface area contributed by atoms with Crippen molar-refractivity contribution in [2.24, 2.45) is 0 Å². The molecule has 7 heteroatoms. The van der Waals surface area contributed by atoms with Crippen molar-refractivity contribution >= 4 is 40.6 Å². The van der Waals surface area contributed by atoms with Crippen LogP contribution in [0.5, 0.6) is 5.75 Å². The Morgan fingerprint density at radius 3 is 2.28 bits per heavy atom. The number of carboxylic acids is 1. The van der Waals surface area contributed by atoms with Gasteiger partial charge in [-0.15, -0.1) is 0 Å². The molecule has 1 aliphatic heterocycles. The van der Waals surface area contributed by atoms with Crippen molar-refractivity contribution in [3.8, 4) is 5.75 Å². The smallest absolute Gasteiger partial charge is 0.335 e. The topological polar surface area (TPSA) is 83.9 Å². The first-order chi connectivity index (χ1) is 12.0. The fourth-order valence-corrected chi connectivity index (χ4v) is 3.14. The van der Waals surface area contributed by atoms with Crippen LogP contribution in [0, 0.1) is 0 Å². The van der Waals surface area contributed by atoms with Crippen molar-refractivity contribution in [3.05, 3.63) is 64.6 Å². The van der Waals surface area contributed by atoms with Gasteiger partial charge in [0.05, 0.1) is 23.3 Å². The second-order valence-corrected chi connectivity index (χ2v) is 6.14. The van der Waals surface area contributed by atoms with E-state index in [0.29, 0.717) is 17.0 Å². The Morgan fingerprint density at radius 2 is 1.72 bits per heavy atom. The van der Waals surface area contributed by atoms with E-state index < -0.39 is 11.9 Å². The molecule has 0 spiro atoms. The molecule has 0 bridgehead atoms. The second-order valence-electron chi connectivity index (χ2n) is 5.14. The van der Waals surface area contributed by atoms with Crippen molar-refractivity contribution in [1.82, 2.24) is 0 Å². The molecule has 3 rings (SSSR count). The molecule has 1 aliphatic rings. The van der Waals surface area contributed by atoms with E-state index in [2.05, 4.69) is 0 Å². The van der Waals surface area contributed by atoms with E-state index in [-0.39, 0.29) is 15.7 Å². The first-order valence-corrected chi connectivity index (χ1v) is 8.06. The van der Waals surface area contributed by atoms with Gasteiger partial charge in [-0.05, 0) is 59.8 Å². The molecular formula is C18H13NO5S. The van der Waals surface area contributed by atoms with E-state index in [9.17, 15) is 14.4 Å². The largest absolute Gasteiger partial charge is 0.497 e. The third-order valence-corrected chi connectivity index (χ3v) is 4.45. The summed E-state index contributed by atoms with van der Waals surface area (Å²) in [6, 6.07) is 12.7. The van der Waals surface area contributed by atoms with Gasteiger partial charge in [0.1, 0.15) is 5.75 Å². The number of carbonyl (C=O) groups excluding carboxylic acids is 2. The van der Waals surface area contributed by atoms with Crippen molar-refractivity contribution in [1.29, 1.82) is 0 Å². The Bertz CT molecular complexity index is 871. The number of hydrogen-bond donors (Lipinski definition) is 1. The molecule has 2 aromatic carbocycles. The first kappa shape index (κ1) is 16.8. The normalized spacial score (nSPS) is 15.7. The number of thioether (sulfide) groups is 1. The lowest BCUT2D eigenvalue weighted by molar-refractivity contribution is -0.113.